The average molecular weight is 277 g/mol. The zero-order valence-electron chi connectivity index (χ0n) is 12.3. The molecule has 0 atom stereocenters. The Balaban J connectivity index is 1.92. The average Bonchev–Trinajstić information content (AvgIpc) is 2.81. The van der Waals surface area contributed by atoms with Crippen LogP contribution in [0.4, 0.5) is 0 Å². The van der Waals surface area contributed by atoms with Crippen molar-refractivity contribution in [3.8, 4) is 0 Å². The van der Waals surface area contributed by atoms with Crippen molar-refractivity contribution in [1.82, 2.24) is 14.8 Å². The number of H-pyrrole nitrogens is 1. The van der Waals surface area contributed by atoms with E-state index in [-0.39, 0.29) is 11.8 Å². The number of rotatable bonds is 3. The summed E-state index contributed by atoms with van der Waals surface area (Å²) < 4.78 is 0. The lowest BCUT2D eigenvalue weighted by Crippen LogP contribution is -2.37. The molecule has 110 valence electrons. The first kappa shape index (κ1) is 14.6. The predicted molar refractivity (Wildman–Crippen MR) is 77.3 cm³/mol. The lowest BCUT2D eigenvalue weighted by atomic mass is 10.1. The van der Waals surface area contributed by atoms with Crippen molar-refractivity contribution in [2.24, 2.45) is 5.92 Å². The highest BCUT2D eigenvalue weighted by atomic mass is 16.2. The van der Waals surface area contributed by atoms with Crippen molar-refractivity contribution in [1.29, 1.82) is 0 Å². The van der Waals surface area contributed by atoms with Crippen molar-refractivity contribution in [2.75, 3.05) is 26.2 Å². The largest absolute Gasteiger partial charge is 0.367 e. The third-order valence-electron chi connectivity index (χ3n) is 3.56. The van der Waals surface area contributed by atoms with E-state index >= 15 is 0 Å². The SMILES string of the molecule is CC(C)CC(=O)N1CCCN(C(=O)c2cc[nH]c2)CC1. The van der Waals surface area contributed by atoms with Crippen molar-refractivity contribution in [3.05, 3.63) is 24.0 Å². The Hall–Kier alpha value is -1.78. The number of hydrogen-bond donors (Lipinski definition) is 1. The van der Waals surface area contributed by atoms with Crippen molar-refractivity contribution < 1.29 is 9.59 Å². The molecule has 1 aromatic heterocycles. The Kier molecular flexibility index (Phi) is 4.82. The maximum Gasteiger partial charge on any atom is 0.255 e. The Morgan fingerprint density at radius 1 is 1.20 bits per heavy atom. The van der Waals surface area contributed by atoms with Crippen LogP contribution in [0.2, 0.25) is 0 Å². The molecule has 0 aromatic carbocycles. The van der Waals surface area contributed by atoms with Gasteiger partial charge in [-0.05, 0) is 18.4 Å². The Bertz CT molecular complexity index is 454. The van der Waals surface area contributed by atoms with E-state index in [9.17, 15) is 9.59 Å². The fraction of sp³-hybridized carbons (Fsp3) is 0.600. The summed E-state index contributed by atoms with van der Waals surface area (Å²) in [5, 5.41) is 0. The molecule has 1 N–H and O–H groups in total. The maximum atomic E-state index is 12.3. The number of aromatic nitrogens is 1. The minimum absolute atomic E-state index is 0.0457. The van der Waals surface area contributed by atoms with E-state index in [1.807, 2.05) is 9.80 Å². The van der Waals surface area contributed by atoms with Crippen LogP contribution in [0.25, 0.3) is 0 Å². The molecule has 2 heterocycles. The van der Waals surface area contributed by atoms with Crippen LogP contribution < -0.4 is 0 Å². The summed E-state index contributed by atoms with van der Waals surface area (Å²) >= 11 is 0. The highest BCUT2D eigenvalue weighted by Gasteiger charge is 2.23. The molecule has 2 amide bonds. The quantitative estimate of drug-likeness (QED) is 0.915. The number of nitrogens with zero attached hydrogens (tertiary/aromatic N) is 2. The molecule has 0 aliphatic carbocycles. The molecule has 1 aromatic rings. The van der Waals surface area contributed by atoms with Crippen LogP contribution in [-0.2, 0) is 4.79 Å². The van der Waals surface area contributed by atoms with Crippen LogP contribution in [-0.4, -0.2) is 52.8 Å². The number of amides is 2. The van der Waals surface area contributed by atoms with Gasteiger partial charge in [0.05, 0.1) is 5.56 Å². The second kappa shape index (κ2) is 6.59. The third-order valence-corrected chi connectivity index (χ3v) is 3.56. The van der Waals surface area contributed by atoms with Gasteiger partial charge in [0.15, 0.2) is 0 Å². The van der Waals surface area contributed by atoms with Crippen LogP contribution in [0.5, 0.6) is 0 Å². The first-order chi connectivity index (χ1) is 9.58. The van der Waals surface area contributed by atoms with Crippen LogP contribution in [0, 0.1) is 5.92 Å². The van der Waals surface area contributed by atoms with Gasteiger partial charge in [0, 0.05) is 45.0 Å². The van der Waals surface area contributed by atoms with Crippen LogP contribution >= 0.6 is 0 Å². The van der Waals surface area contributed by atoms with Gasteiger partial charge in [-0.15, -0.1) is 0 Å². The summed E-state index contributed by atoms with van der Waals surface area (Å²) in [4.78, 5) is 31.0. The van der Waals surface area contributed by atoms with Crippen molar-refractivity contribution in [3.63, 3.8) is 0 Å². The molecular formula is C15H23N3O2. The maximum absolute atomic E-state index is 12.3. The molecule has 0 unspecified atom stereocenters. The van der Waals surface area contributed by atoms with Gasteiger partial charge in [-0.1, -0.05) is 13.8 Å². The van der Waals surface area contributed by atoms with Gasteiger partial charge in [-0.25, -0.2) is 0 Å². The molecule has 5 heteroatoms. The van der Waals surface area contributed by atoms with Crippen LogP contribution in [0.1, 0.15) is 37.0 Å². The van der Waals surface area contributed by atoms with E-state index in [1.54, 1.807) is 18.5 Å². The first-order valence-corrected chi connectivity index (χ1v) is 7.27. The van der Waals surface area contributed by atoms with E-state index < -0.39 is 0 Å². The molecule has 1 aliphatic rings. The molecule has 0 saturated carbocycles. The minimum atomic E-state index is 0.0457. The molecule has 1 fully saturated rings. The third kappa shape index (κ3) is 3.62. The molecule has 1 saturated heterocycles. The van der Waals surface area contributed by atoms with E-state index in [2.05, 4.69) is 18.8 Å². The fourth-order valence-electron chi connectivity index (χ4n) is 2.49. The number of nitrogens with one attached hydrogen (secondary N) is 1. The van der Waals surface area contributed by atoms with Gasteiger partial charge in [0.2, 0.25) is 5.91 Å². The monoisotopic (exact) mass is 277 g/mol. The molecular weight excluding hydrogens is 254 g/mol. The summed E-state index contributed by atoms with van der Waals surface area (Å²) in [6.07, 6.45) is 4.91. The topological polar surface area (TPSA) is 56.4 Å². The number of carbonyl (C=O) groups is 2. The van der Waals surface area contributed by atoms with E-state index in [0.29, 0.717) is 31.0 Å². The molecule has 0 radical (unpaired) electrons. The summed E-state index contributed by atoms with van der Waals surface area (Å²) in [6, 6.07) is 1.79. The molecule has 5 nitrogen and oxygen atoms in total. The zero-order valence-corrected chi connectivity index (χ0v) is 12.3. The molecule has 1 aliphatic heterocycles. The first-order valence-electron chi connectivity index (χ1n) is 7.27. The number of aromatic amines is 1. The lowest BCUT2D eigenvalue weighted by molar-refractivity contribution is -0.131. The van der Waals surface area contributed by atoms with Crippen molar-refractivity contribution in [2.45, 2.75) is 26.7 Å². The minimum Gasteiger partial charge on any atom is -0.367 e. The van der Waals surface area contributed by atoms with Crippen molar-refractivity contribution >= 4 is 11.8 Å². The Morgan fingerprint density at radius 3 is 2.55 bits per heavy atom. The zero-order chi connectivity index (χ0) is 14.5. The molecule has 20 heavy (non-hydrogen) atoms. The summed E-state index contributed by atoms with van der Waals surface area (Å²) in [5.74, 6) is 0.628. The molecule has 0 bridgehead atoms. The number of carbonyl (C=O) groups excluding carboxylic acids is 2. The standard InChI is InChI=1S/C15H23N3O2/c1-12(2)10-14(19)17-6-3-7-18(9-8-17)15(20)13-4-5-16-11-13/h4-5,11-12,16H,3,6-10H2,1-2H3. The lowest BCUT2D eigenvalue weighted by Gasteiger charge is -2.22. The van der Waals surface area contributed by atoms with Gasteiger partial charge in [-0.3, -0.25) is 9.59 Å². The van der Waals surface area contributed by atoms with E-state index in [1.165, 1.54) is 0 Å². The normalized spacial score (nSPS) is 16.4. The summed E-state index contributed by atoms with van der Waals surface area (Å²) in [6.45, 7) is 6.84. The van der Waals surface area contributed by atoms with Gasteiger partial charge in [-0.2, -0.15) is 0 Å². The van der Waals surface area contributed by atoms with Gasteiger partial charge >= 0.3 is 0 Å². The van der Waals surface area contributed by atoms with Gasteiger partial charge in [0.1, 0.15) is 0 Å². The summed E-state index contributed by atoms with van der Waals surface area (Å²) in [5.41, 5.74) is 0.687. The van der Waals surface area contributed by atoms with E-state index in [4.69, 9.17) is 0 Å². The Morgan fingerprint density at radius 2 is 1.90 bits per heavy atom. The Labute approximate surface area is 119 Å². The second-order valence-electron chi connectivity index (χ2n) is 5.72. The smallest absolute Gasteiger partial charge is 0.255 e. The molecule has 0 spiro atoms. The fourth-order valence-corrected chi connectivity index (χ4v) is 2.49. The van der Waals surface area contributed by atoms with Crippen LogP contribution in [0.15, 0.2) is 18.5 Å². The van der Waals surface area contributed by atoms with Gasteiger partial charge in [0.25, 0.3) is 5.91 Å². The predicted octanol–water partition coefficient (Wildman–Crippen LogP) is 1.74. The molecule has 2 rings (SSSR count). The highest BCUT2D eigenvalue weighted by molar-refractivity contribution is 5.94. The second-order valence-corrected chi connectivity index (χ2v) is 5.72. The van der Waals surface area contributed by atoms with E-state index in [0.717, 1.165) is 19.5 Å². The highest BCUT2D eigenvalue weighted by Crippen LogP contribution is 2.11. The summed E-state index contributed by atoms with van der Waals surface area (Å²) in [7, 11) is 0. The number of hydrogen-bond acceptors (Lipinski definition) is 2. The van der Waals surface area contributed by atoms with Crippen LogP contribution in [0.3, 0.4) is 0 Å². The van der Waals surface area contributed by atoms with Gasteiger partial charge < -0.3 is 14.8 Å².